The number of nitrogens with two attached hydrogens (primary N) is 1. The van der Waals surface area contributed by atoms with Crippen LogP contribution in [-0.4, -0.2) is 54.5 Å². The first-order valence-corrected chi connectivity index (χ1v) is 7.82. The van der Waals surface area contributed by atoms with Gasteiger partial charge >= 0.3 is 0 Å². The number of carbonyl (C=O) groups is 1. The van der Waals surface area contributed by atoms with Crippen LogP contribution < -0.4 is 10.5 Å². The SMILES string of the molecule is COc1ccc(Cl)cc1CN1CCN(C(=O)C(C)(C)N)CC1. The zero-order chi connectivity index (χ0) is 16.3. The van der Waals surface area contributed by atoms with Gasteiger partial charge in [-0.25, -0.2) is 0 Å². The van der Waals surface area contributed by atoms with Crippen LogP contribution in [0.3, 0.4) is 0 Å². The minimum absolute atomic E-state index is 0.00693. The van der Waals surface area contributed by atoms with E-state index in [2.05, 4.69) is 4.90 Å². The van der Waals surface area contributed by atoms with Gasteiger partial charge in [-0.3, -0.25) is 9.69 Å². The quantitative estimate of drug-likeness (QED) is 0.916. The van der Waals surface area contributed by atoms with Crippen molar-refractivity contribution in [1.82, 2.24) is 9.80 Å². The minimum atomic E-state index is -0.807. The van der Waals surface area contributed by atoms with Crippen molar-refractivity contribution in [2.45, 2.75) is 25.9 Å². The van der Waals surface area contributed by atoms with Crippen molar-refractivity contribution in [3.63, 3.8) is 0 Å². The Morgan fingerprint density at radius 1 is 1.32 bits per heavy atom. The summed E-state index contributed by atoms with van der Waals surface area (Å²) in [6.07, 6.45) is 0. The first kappa shape index (κ1) is 17.1. The molecule has 1 aliphatic heterocycles. The molecule has 0 unspecified atom stereocenters. The van der Waals surface area contributed by atoms with Crippen LogP contribution in [-0.2, 0) is 11.3 Å². The lowest BCUT2D eigenvalue weighted by Crippen LogP contribution is -2.56. The second kappa shape index (κ2) is 6.86. The summed E-state index contributed by atoms with van der Waals surface area (Å²) in [4.78, 5) is 16.3. The molecule has 1 aromatic rings. The number of amides is 1. The highest BCUT2D eigenvalue weighted by Crippen LogP contribution is 2.24. The van der Waals surface area contributed by atoms with Gasteiger partial charge in [0, 0.05) is 43.3 Å². The Balaban J connectivity index is 1.96. The fourth-order valence-corrected chi connectivity index (χ4v) is 2.82. The van der Waals surface area contributed by atoms with E-state index in [0.717, 1.165) is 30.9 Å². The van der Waals surface area contributed by atoms with E-state index in [9.17, 15) is 4.79 Å². The molecule has 2 rings (SSSR count). The third-order valence-corrected chi connectivity index (χ3v) is 4.08. The molecule has 6 heteroatoms. The molecular weight excluding hydrogens is 302 g/mol. The molecule has 22 heavy (non-hydrogen) atoms. The van der Waals surface area contributed by atoms with Crippen LogP contribution in [0, 0.1) is 0 Å². The average molecular weight is 326 g/mol. The summed E-state index contributed by atoms with van der Waals surface area (Å²) < 4.78 is 5.38. The standard InChI is InChI=1S/C16H24ClN3O2/c1-16(2,18)15(21)20-8-6-19(7-9-20)11-12-10-13(17)4-5-14(12)22-3/h4-5,10H,6-9,11,18H2,1-3H3. The average Bonchev–Trinajstić information content (AvgIpc) is 2.46. The molecule has 1 aliphatic rings. The maximum absolute atomic E-state index is 12.2. The number of benzene rings is 1. The molecule has 0 atom stereocenters. The van der Waals surface area contributed by atoms with E-state index in [-0.39, 0.29) is 5.91 Å². The normalized spacial score (nSPS) is 16.7. The lowest BCUT2D eigenvalue weighted by molar-refractivity contribution is -0.137. The summed E-state index contributed by atoms with van der Waals surface area (Å²) >= 11 is 6.07. The Bertz CT molecular complexity index is 535. The highest BCUT2D eigenvalue weighted by atomic mass is 35.5. The van der Waals surface area contributed by atoms with Crippen LogP contribution in [0.15, 0.2) is 18.2 Å². The van der Waals surface area contributed by atoms with Gasteiger partial charge in [-0.1, -0.05) is 11.6 Å². The molecule has 1 aromatic carbocycles. The smallest absolute Gasteiger partial charge is 0.242 e. The molecule has 2 N–H and O–H groups in total. The van der Waals surface area contributed by atoms with Crippen molar-refractivity contribution >= 4 is 17.5 Å². The maximum Gasteiger partial charge on any atom is 0.242 e. The van der Waals surface area contributed by atoms with E-state index in [1.165, 1.54) is 0 Å². The number of nitrogens with zero attached hydrogens (tertiary/aromatic N) is 2. The van der Waals surface area contributed by atoms with Crippen LogP contribution in [0.2, 0.25) is 5.02 Å². The second-order valence-corrected chi connectivity index (χ2v) is 6.68. The molecular formula is C16H24ClN3O2. The van der Waals surface area contributed by atoms with Gasteiger partial charge in [0.1, 0.15) is 5.75 Å². The monoisotopic (exact) mass is 325 g/mol. The summed E-state index contributed by atoms with van der Waals surface area (Å²) in [5, 5.41) is 0.703. The fraction of sp³-hybridized carbons (Fsp3) is 0.562. The molecule has 0 spiro atoms. The van der Waals surface area contributed by atoms with E-state index in [1.807, 2.05) is 23.1 Å². The zero-order valence-electron chi connectivity index (χ0n) is 13.4. The molecule has 1 fully saturated rings. The molecule has 0 saturated carbocycles. The van der Waals surface area contributed by atoms with Gasteiger partial charge in [0.2, 0.25) is 5.91 Å². The van der Waals surface area contributed by atoms with Crippen molar-refractivity contribution in [2.24, 2.45) is 5.73 Å². The van der Waals surface area contributed by atoms with Gasteiger partial charge in [-0.05, 0) is 32.0 Å². The maximum atomic E-state index is 12.2. The minimum Gasteiger partial charge on any atom is -0.496 e. The van der Waals surface area contributed by atoms with Crippen LogP contribution in [0.4, 0.5) is 0 Å². The Morgan fingerprint density at radius 3 is 2.50 bits per heavy atom. The predicted molar refractivity (Wildman–Crippen MR) is 88.1 cm³/mol. The van der Waals surface area contributed by atoms with Crippen LogP contribution in [0.1, 0.15) is 19.4 Å². The summed E-state index contributed by atoms with van der Waals surface area (Å²) in [5.74, 6) is 0.846. The lowest BCUT2D eigenvalue weighted by atomic mass is 10.0. The number of rotatable bonds is 4. The molecule has 0 aromatic heterocycles. The molecule has 122 valence electrons. The molecule has 1 heterocycles. The molecule has 0 aliphatic carbocycles. The largest absolute Gasteiger partial charge is 0.496 e. The number of hydrogen-bond acceptors (Lipinski definition) is 4. The first-order chi connectivity index (χ1) is 10.3. The summed E-state index contributed by atoms with van der Waals surface area (Å²) in [7, 11) is 1.66. The summed E-state index contributed by atoms with van der Waals surface area (Å²) in [6, 6.07) is 5.64. The van der Waals surface area contributed by atoms with Gasteiger partial charge in [0.15, 0.2) is 0 Å². The van der Waals surface area contributed by atoms with Crippen molar-refractivity contribution in [1.29, 1.82) is 0 Å². The Morgan fingerprint density at radius 2 is 1.95 bits per heavy atom. The number of ether oxygens (including phenoxy) is 1. The van der Waals surface area contributed by atoms with Gasteiger partial charge in [0.05, 0.1) is 12.6 Å². The van der Waals surface area contributed by atoms with E-state index in [1.54, 1.807) is 21.0 Å². The zero-order valence-corrected chi connectivity index (χ0v) is 14.2. The van der Waals surface area contributed by atoms with Crippen LogP contribution in [0.5, 0.6) is 5.75 Å². The predicted octanol–water partition coefficient (Wildman–Crippen LogP) is 1.73. The molecule has 0 radical (unpaired) electrons. The van der Waals surface area contributed by atoms with Crippen molar-refractivity contribution in [3.05, 3.63) is 28.8 Å². The van der Waals surface area contributed by atoms with Gasteiger partial charge in [-0.2, -0.15) is 0 Å². The Labute approximate surface area is 137 Å². The van der Waals surface area contributed by atoms with Gasteiger partial charge in [0.25, 0.3) is 0 Å². The number of piperazine rings is 1. The topological polar surface area (TPSA) is 58.8 Å². The number of halogens is 1. The second-order valence-electron chi connectivity index (χ2n) is 6.25. The summed E-state index contributed by atoms with van der Waals surface area (Å²) in [5.41, 5.74) is 6.14. The van der Waals surface area contributed by atoms with Gasteiger partial charge < -0.3 is 15.4 Å². The van der Waals surface area contributed by atoms with Crippen LogP contribution in [0.25, 0.3) is 0 Å². The lowest BCUT2D eigenvalue weighted by Gasteiger charge is -2.37. The highest BCUT2D eigenvalue weighted by molar-refractivity contribution is 6.30. The third-order valence-electron chi connectivity index (χ3n) is 3.85. The van der Waals surface area contributed by atoms with Crippen molar-refractivity contribution < 1.29 is 9.53 Å². The molecule has 1 amide bonds. The van der Waals surface area contributed by atoms with E-state index in [4.69, 9.17) is 22.1 Å². The van der Waals surface area contributed by atoms with Crippen molar-refractivity contribution in [3.8, 4) is 5.75 Å². The molecule has 1 saturated heterocycles. The van der Waals surface area contributed by atoms with E-state index < -0.39 is 5.54 Å². The molecule has 5 nitrogen and oxygen atoms in total. The summed E-state index contributed by atoms with van der Waals surface area (Å²) in [6.45, 7) is 7.29. The van der Waals surface area contributed by atoms with E-state index >= 15 is 0 Å². The molecule has 0 bridgehead atoms. The van der Waals surface area contributed by atoms with E-state index in [0.29, 0.717) is 18.1 Å². The van der Waals surface area contributed by atoms with Gasteiger partial charge in [-0.15, -0.1) is 0 Å². The number of hydrogen-bond donors (Lipinski definition) is 1. The fourth-order valence-electron chi connectivity index (χ4n) is 2.63. The highest BCUT2D eigenvalue weighted by Gasteiger charge is 2.30. The van der Waals surface area contributed by atoms with Crippen molar-refractivity contribution in [2.75, 3.05) is 33.3 Å². The van der Waals surface area contributed by atoms with Crippen LogP contribution >= 0.6 is 11.6 Å². The Hall–Kier alpha value is -1.30. The Kier molecular flexibility index (Phi) is 5.32. The first-order valence-electron chi connectivity index (χ1n) is 7.44. The number of methoxy groups -OCH3 is 1. The number of carbonyl (C=O) groups excluding carboxylic acids is 1. The third kappa shape index (κ3) is 4.12.